The van der Waals surface area contributed by atoms with Gasteiger partial charge in [0.15, 0.2) is 0 Å². The first-order chi connectivity index (χ1) is 12.2. The van der Waals surface area contributed by atoms with Crippen LogP contribution in [0, 0.1) is 0 Å². The van der Waals surface area contributed by atoms with Crippen molar-refractivity contribution in [2.24, 2.45) is 0 Å². The van der Waals surface area contributed by atoms with E-state index in [0.29, 0.717) is 13.0 Å². The first-order valence-corrected chi connectivity index (χ1v) is 10.4. The maximum Gasteiger partial charge on any atom is 0.281 e. The smallest absolute Gasteiger partial charge is 0.281 e. The molecule has 25 heavy (non-hydrogen) atoms. The van der Waals surface area contributed by atoms with Gasteiger partial charge in [-0.05, 0) is 29.0 Å². The first kappa shape index (κ1) is 16.7. The minimum atomic E-state index is -0.00708. The van der Waals surface area contributed by atoms with Crippen LogP contribution in [0.1, 0.15) is 28.5 Å². The van der Waals surface area contributed by atoms with Gasteiger partial charge in [-0.2, -0.15) is 0 Å². The van der Waals surface area contributed by atoms with Gasteiger partial charge < -0.3 is 9.80 Å². The van der Waals surface area contributed by atoms with Crippen molar-refractivity contribution in [3.63, 3.8) is 0 Å². The Labute approximate surface area is 155 Å². The zero-order valence-corrected chi connectivity index (χ0v) is 15.5. The molecule has 6 heteroatoms. The number of nitrogens with zero attached hydrogens (tertiary/aromatic N) is 2. The summed E-state index contributed by atoms with van der Waals surface area (Å²) in [4.78, 5) is 29.9. The fraction of sp³-hybridized carbons (Fsp3) is 0.368. The molecule has 0 N–H and O–H groups in total. The van der Waals surface area contributed by atoms with Crippen molar-refractivity contribution < 1.29 is 9.59 Å². The summed E-state index contributed by atoms with van der Waals surface area (Å²) in [7, 11) is 0. The molecule has 1 atom stereocenters. The summed E-state index contributed by atoms with van der Waals surface area (Å²) in [6.45, 7) is 2.03. The average molecular weight is 373 g/mol. The summed E-state index contributed by atoms with van der Waals surface area (Å²) in [5.74, 6) is 0.970. The molecule has 0 aliphatic carbocycles. The topological polar surface area (TPSA) is 40.6 Å². The Bertz CT molecular complexity index is 775. The number of thiophene rings is 1. The van der Waals surface area contributed by atoms with Crippen LogP contribution < -0.4 is 0 Å². The van der Waals surface area contributed by atoms with Crippen LogP contribution in [0.4, 0.5) is 4.79 Å². The second-order valence-corrected chi connectivity index (χ2v) is 8.35. The van der Waals surface area contributed by atoms with Crippen LogP contribution in [-0.4, -0.2) is 46.3 Å². The van der Waals surface area contributed by atoms with Crippen LogP contribution in [0.3, 0.4) is 0 Å². The Morgan fingerprint density at radius 3 is 2.76 bits per heavy atom. The van der Waals surface area contributed by atoms with Gasteiger partial charge in [0.1, 0.15) is 0 Å². The highest BCUT2D eigenvalue weighted by Gasteiger charge is 2.33. The number of thioether (sulfide) groups is 1. The molecule has 130 valence electrons. The van der Waals surface area contributed by atoms with Crippen molar-refractivity contribution in [1.82, 2.24) is 9.80 Å². The molecule has 1 fully saturated rings. The van der Waals surface area contributed by atoms with Crippen molar-refractivity contribution in [2.75, 3.05) is 25.4 Å². The fourth-order valence-electron chi connectivity index (χ4n) is 3.58. The number of benzene rings is 1. The average Bonchev–Trinajstić information content (AvgIpc) is 3.28. The first-order valence-electron chi connectivity index (χ1n) is 8.56. The third-order valence-corrected chi connectivity index (χ3v) is 6.73. The van der Waals surface area contributed by atoms with Crippen LogP contribution in [0.25, 0.3) is 0 Å². The molecule has 2 aliphatic rings. The molecule has 0 radical (unpaired) electrons. The molecule has 1 saturated heterocycles. The highest BCUT2D eigenvalue weighted by molar-refractivity contribution is 8.13. The van der Waals surface area contributed by atoms with Crippen LogP contribution in [0.2, 0.25) is 0 Å². The summed E-state index contributed by atoms with van der Waals surface area (Å²) < 4.78 is 0. The van der Waals surface area contributed by atoms with Crippen LogP contribution in [0.15, 0.2) is 41.8 Å². The van der Waals surface area contributed by atoms with Gasteiger partial charge in [-0.1, -0.05) is 42.1 Å². The van der Waals surface area contributed by atoms with Gasteiger partial charge in [-0.3, -0.25) is 9.59 Å². The fourth-order valence-corrected chi connectivity index (χ4v) is 5.34. The molecule has 2 amide bonds. The normalized spacial score (nSPS) is 20.0. The van der Waals surface area contributed by atoms with Gasteiger partial charge in [-0.25, -0.2) is 0 Å². The lowest BCUT2D eigenvalue weighted by atomic mass is 9.93. The third kappa shape index (κ3) is 3.33. The molecular weight excluding hydrogens is 352 g/mol. The molecule has 1 aromatic heterocycles. The molecule has 2 aliphatic heterocycles. The molecule has 2 aromatic rings. The van der Waals surface area contributed by atoms with Crippen molar-refractivity contribution in [2.45, 2.75) is 18.9 Å². The van der Waals surface area contributed by atoms with Crippen molar-refractivity contribution in [3.8, 4) is 0 Å². The number of rotatable bonds is 4. The molecule has 0 unspecified atom stereocenters. The molecule has 1 aromatic carbocycles. The number of carbonyl (C=O) groups is 2. The Kier molecular flexibility index (Phi) is 4.81. The van der Waals surface area contributed by atoms with Crippen LogP contribution in [-0.2, 0) is 11.2 Å². The van der Waals surface area contributed by atoms with Gasteiger partial charge in [-0.15, -0.1) is 11.3 Å². The predicted molar refractivity (Wildman–Crippen MR) is 102 cm³/mol. The van der Waals surface area contributed by atoms with Crippen LogP contribution in [0.5, 0.6) is 0 Å². The molecule has 4 nitrogen and oxygen atoms in total. The Morgan fingerprint density at radius 1 is 1.16 bits per heavy atom. The lowest BCUT2D eigenvalue weighted by Crippen LogP contribution is -2.41. The van der Waals surface area contributed by atoms with Gasteiger partial charge in [0.25, 0.3) is 5.24 Å². The summed E-state index contributed by atoms with van der Waals surface area (Å²) in [6, 6.07) is 12.4. The van der Waals surface area contributed by atoms with E-state index in [-0.39, 0.29) is 17.2 Å². The number of hydrogen-bond donors (Lipinski definition) is 0. The minimum absolute atomic E-state index is 0.00708. The van der Waals surface area contributed by atoms with Gasteiger partial charge in [0.05, 0.1) is 6.04 Å². The van der Waals surface area contributed by atoms with E-state index in [2.05, 4.69) is 23.6 Å². The highest BCUT2D eigenvalue weighted by atomic mass is 32.2. The second-order valence-electron chi connectivity index (χ2n) is 6.30. The lowest BCUT2D eigenvalue weighted by Gasteiger charge is -2.36. The summed E-state index contributed by atoms with van der Waals surface area (Å²) in [5, 5.41) is 2.22. The SMILES string of the molecule is O=C1SCCN1CCC(=O)N1CCc2sccc2[C@@H]1c1ccccc1. The maximum absolute atomic E-state index is 13.0. The van der Waals surface area contributed by atoms with Gasteiger partial charge >= 0.3 is 0 Å². The van der Waals surface area contributed by atoms with E-state index in [9.17, 15) is 9.59 Å². The quantitative estimate of drug-likeness (QED) is 0.820. The van der Waals surface area contributed by atoms with Crippen molar-refractivity contribution in [1.29, 1.82) is 0 Å². The van der Waals surface area contributed by atoms with E-state index >= 15 is 0 Å². The van der Waals surface area contributed by atoms with Gasteiger partial charge in [0.2, 0.25) is 5.91 Å². The molecule has 0 spiro atoms. The van der Waals surface area contributed by atoms with Gasteiger partial charge in [0, 0.05) is 36.7 Å². The Hall–Kier alpha value is -1.79. The number of amides is 2. The Balaban J connectivity index is 1.55. The monoisotopic (exact) mass is 372 g/mol. The zero-order valence-electron chi connectivity index (χ0n) is 13.9. The molecule has 0 bridgehead atoms. The second kappa shape index (κ2) is 7.22. The summed E-state index contributed by atoms with van der Waals surface area (Å²) >= 11 is 3.12. The number of carbonyl (C=O) groups excluding carboxylic acids is 2. The van der Waals surface area contributed by atoms with E-state index < -0.39 is 0 Å². The van der Waals surface area contributed by atoms with Crippen molar-refractivity contribution >= 4 is 34.2 Å². The standard InChI is InChI=1S/C19H20N2O2S2/c22-17(7-9-20-11-13-25-19(20)23)21-10-6-16-15(8-12-24-16)18(21)14-4-2-1-3-5-14/h1-5,8,12,18H,6-7,9-11,13H2/t18-/m0/s1. The zero-order chi connectivity index (χ0) is 17.2. The predicted octanol–water partition coefficient (Wildman–Crippen LogP) is 3.78. The Morgan fingerprint density at radius 2 is 2.00 bits per heavy atom. The van der Waals surface area contributed by atoms with E-state index in [0.717, 1.165) is 30.8 Å². The minimum Gasteiger partial charge on any atom is -0.332 e. The van der Waals surface area contributed by atoms with E-state index in [1.807, 2.05) is 23.1 Å². The summed E-state index contributed by atoms with van der Waals surface area (Å²) in [5.41, 5.74) is 2.41. The molecule has 0 saturated carbocycles. The molecular formula is C19H20N2O2S2. The lowest BCUT2D eigenvalue weighted by molar-refractivity contribution is -0.133. The van der Waals surface area contributed by atoms with Crippen molar-refractivity contribution in [3.05, 3.63) is 57.8 Å². The molecule has 4 rings (SSSR count). The number of fused-ring (bicyclic) bond motifs is 1. The summed E-state index contributed by atoms with van der Waals surface area (Å²) in [6.07, 6.45) is 1.32. The number of hydrogen-bond acceptors (Lipinski definition) is 4. The largest absolute Gasteiger partial charge is 0.332 e. The molecule has 3 heterocycles. The van der Waals surface area contributed by atoms with E-state index in [1.54, 1.807) is 16.2 Å². The van der Waals surface area contributed by atoms with E-state index in [4.69, 9.17) is 0 Å². The van der Waals surface area contributed by atoms with E-state index in [1.165, 1.54) is 22.2 Å². The third-order valence-electron chi connectivity index (χ3n) is 4.84. The van der Waals surface area contributed by atoms with Crippen LogP contribution >= 0.6 is 23.1 Å². The highest BCUT2D eigenvalue weighted by Crippen LogP contribution is 2.38. The maximum atomic E-state index is 13.0.